The molecule has 1 aromatic carbocycles. The number of nitrogens with one attached hydrogen (secondary N) is 2. The molecule has 1 saturated carbocycles. The van der Waals surface area contributed by atoms with Crippen LogP contribution in [0.5, 0.6) is 5.75 Å². The van der Waals surface area contributed by atoms with Crippen molar-refractivity contribution in [3.63, 3.8) is 0 Å². The van der Waals surface area contributed by atoms with E-state index in [4.69, 9.17) is 16.3 Å². The molecule has 1 amide bonds. The Bertz CT molecular complexity index is 659. The summed E-state index contributed by atoms with van der Waals surface area (Å²) in [7, 11) is -3.92. The molecule has 0 aromatic heterocycles. The Labute approximate surface area is 135 Å². The van der Waals surface area contributed by atoms with Crippen LogP contribution in [0.15, 0.2) is 23.1 Å². The zero-order valence-electron chi connectivity index (χ0n) is 12.4. The van der Waals surface area contributed by atoms with Crippen molar-refractivity contribution in [3.8, 4) is 5.75 Å². The normalized spacial score (nSPS) is 16.1. The van der Waals surface area contributed by atoms with Gasteiger partial charge in [0.1, 0.15) is 10.6 Å². The van der Waals surface area contributed by atoms with Gasteiger partial charge in [-0.25, -0.2) is 8.42 Å². The molecular formula is C14H19ClN2O4S. The summed E-state index contributed by atoms with van der Waals surface area (Å²) >= 11 is 5.87. The summed E-state index contributed by atoms with van der Waals surface area (Å²) in [6.45, 7) is 3.58. The molecule has 1 aliphatic carbocycles. The van der Waals surface area contributed by atoms with Gasteiger partial charge in [-0.05, 0) is 44.9 Å². The lowest BCUT2D eigenvalue weighted by Gasteiger charge is -2.16. The lowest BCUT2D eigenvalue weighted by molar-refractivity contribution is -0.122. The van der Waals surface area contributed by atoms with E-state index in [2.05, 4.69) is 10.0 Å². The SMILES string of the molecule is CCOc1ccc(Cl)cc1S(=O)(=O)NC(C)C(=O)NC1CC1. The van der Waals surface area contributed by atoms with Crippen molar-refractivity contribution in [1.29, 1.82) is 0 Å². The lowest BCUT2D eigenvalue weighted by atomic mass is 10.3. The predicted octanol–water partition coefficient (Wildman–Crippen LogP) is 1.68. The fourth-order valence-corrected chi connectivity index (χ4v) is 3.48. The second-order valence-corrected chi connectivity index (χ2v) is 7.27. The predicted molar refractivity (Wildman–Crippen MR) is 83.6 cm³/mol. The number of benzene rings is 1. The summed E-state index contributed by atoms with van der Waals surface area (Å²) in [4.78, 5) is 11.8. The molecule has 0 spiro atoms. The molecule has 2 rings (SSSR count). The van der Waals surface area contributed by atoms with Crippen LogP contribution in [0.3, 0.4) is 0 Å². The van der Waals surface area contributed by atoms with E-state index in [-0.39, 0.29) is 27.6 Å². The number of rotatable bonds is 7. The molecular weight excluding hydrogens is 328 g/mol. The van der Waals surface area contributed by atoms with Gasteiger partial charge in [-0.3, -0.25) is 4.79 Å². The van der Waals surface area contributed by atoms with Crippen LogP contribution in [0.2, 0.25) is 5.02 Å². The van der Waals surface area contributed by atoms with Gasteiger partial charge in [-0.15, -0.1) is 0 Å². The summed E-state index contributed by atoms with van der Waals surface area (Å²) in [5.74, 6) is -0.139. The maximum absolute atomic E-state index is 12.5. The van der Waals surface area contributed by atoms with E-state index in [1.165, 1.54) is 19.1 Å². The molecule has 22 heavy (non-hydrogen) atoms. The molecule has 0 saturated heterocycles. The van der Waals surface area contributed by atoms with E-state index >= 15 is 0 Å². The Kier molecular flexibility index (Phi) is 5.31. The number of carbonyl (C=O) groups is 1. The number of sulfonamides is 1. The fraction of sp³-hybridized carbons (Fsp3) is 0.500. The van der Waals surface area contributed by atoms with E-state index in [0.717, 1.165) is 12.8 Å². The fourth-order valence-electron chi connectivity index (χ4n) is 1.87. The van der Waals surface area contributed by atoms with Crippen LogP contribution in [0.25, 0.3) is 0 Å². The topological polar surface area (TPSA) is 84.5 Å². The average Bonchev–Trinajstić information content (AvgIpc) is 3.24. The van der Waals surface area contributed by atoms with E-state index in [0.29, 0.717) is 6.61 Å². The molecule has 6 nitrogen and oxygen atoms in total. The highest BCUT2D eigenvalue weighted by Gasteiger charge is 2.29. The maximum atomic E-state index is 12.5. The summed E-state index contributed by atoms with van der Waals surface area (Å²) in [5, 5.41) is 3.03. The highest BCUT2D eigenvalue weighted by Crippen LogP contribution is 2.27. The van der Waals surface area contributed by atoms with Crippen molar-refractivity contribution in [3.05, 3.63) is 23.2 Å². The third-order valence-corrected chi connectivity index (χ3v) is 4.94. The largest absolute Gasteiger partial charge is 0.492 e. The second-order valence-electron chi connectivity index (χ2n) is 5.15. The van der Waals surface area contributed by atoms with Gasteiger partial charge in [0.05, 0.1) is 12.6 Å². The Hall–Kier alpha value is -1.31. The molecule has 2 N–H and O–H groups in total. The van der Waals surface area contributed by atoms with Gasteiger partial charge in [-0.2, -0.15) is 4.72 Å². The number of ether oxygens (including phenoxy) is 1. The molecule has 0 bridgehead atoms. The van der Waals surface area contributed by atoms with Crippen molar-refractivity contribution in [2.24, 2.45) is 0 Å². The highest BCUT2D eigenvalue weighted by molar-refractivity contribution is 7.89. The zero-order valence-corrected chi connectivity index (χ0v) is 14.0. The minimum atomic E-state index is -3.92. The van der Waals surface area contributed by atoms with Crippen LogP contribution in [-0.2, 0) is 14.8 Å². The molecule has 1 aromatic rings. The Morgan fingerprint density at radius 2 is 2.14 bits per heavy atom. The summed E-state index contributed by atoms with van der Waals surface area (Å²) in [5.41, 5.74) is 0. The summed E-state index contributed by atoms with van der Waals surface area (Å²) in [6.07, 6.45) is 1.88. The van der Waals surface area contributed by atoms with Crippen LogP contribution in [0.4, 0.5) is 0 Å². The first-order valence-corrected chi connectivity index (χ1v) is 8.94. The van der Waals surface area contributed by atoms with Gasteiger partial charge in [0, 0.05) is 11.1 Å². The zero-order chi connectivity index (χ0) is 16.3. The van der Waals surface area contributed by atoms with Crippen LogP contribution >= 0.6 is 11.6 Å². The molecule has 1 fully saturated rings. The molecule has 0 aliphatic heterocycles. The van der Waals surface area contributed by atoms with Crippen molar-refractivity contribution in [1.82, 2.24) is 10.0 Å². The van der Waals surface area contributed by atoms with Crippen molar-refractivity contribution < 1.29 is 17.9 Å². The lowest BCUT2D eigenvalue weighted by Crippen LogP contribution is -2.45. The highest BCUT2D eigenvalue weighted by atomic mass is 35.5. The van der Waals surface area contributed by atoms with E-state index < -0.39 is 16.1 Å². The molecule has 1 atom stereocenters. The summed E-state index contributed by atoms with van der Waals surface area (Å²) < 4.78 is 32.6. The third kappa shape index (κ3) is 4.34. The van der Waals surface area contributed by atoms with E-state index in [1.807, 2.05) is 0 Å². The van der Waals surface area contributed by atoms with Crippen molar-refractivity contribution in [2.45, 2.75) is 43.7 Å². The van der Waals surface area contributed by atoms with Crippen LogP contribution in [-0.4, -0.2) is 33.0 Å². The summed E-state index contributed by atoms with van der Waals surface area (Å²) in [6, 6.07) is 3.65. The van der Waals surface area contributed by atoms with Gasteiger partial charge < -0.3 is 10.1 Å². The average molecular weight is 347 g/mol. The van der Waals surface area contributed by atoms with Gasteiger partial charge >= 0.3 is 0 Å². The van der Waals surface area contributed by atoms with Gasteiger partial charge in [-0.1, -0.05) is 11.6 Å². The van der Waals surface area contributed by atoms with E-state index in [1.54, 1.807) is 13.0 Å². The van der Waals surface area contributed by atoms with Gasteiger partial charge in [0.25, 0.3) is 0 Å². The first-order chi connectivity index (χ1) is 10.3. The van der Waals surface area contributed by atoms with Crippen LogP contribution < -0.4 is 14.8 Å². The molecule has 122 valence electrons. The molecule has 1 aliphatic rings. The Morgan fingerprint density at radius 3 is 2.73 bits per heavy atom. The number of amides is 1. The molecule has 8 heteroatoms. The quantitative estimate of drug-likeness (QED) is 0.786. The van der Waals surface area contributed by atoms with Gasteiger partial charge in [0.15, 0.2) is 0 Å². The van der Waals surface area contributed by atoms with E-state index in [9.17, 15) is 13.2 Å². The standard InChI is InChI=1S/C14H19ClN2O4S/c1-3-21-12-7-4-10(15)8-13(12)22(19,20)17-9(2)14(18)16-11-5-6-11/h4,7-9,11,17H,3,5-6H2,1-2H3,(H,16,18). The van der Waals surface area contributed by atoms with Crippen molar-refractivity contribution >= 4 is 27.5 Å². The third-order valence-electron chi connectivity index (χ3n) is 3.14. The maximum Gasteiger partial charge on any atom is 0.245 e. The van der Waals surface area contributed by atoms with Crippen molar-refractivity contribution in [2.75, 3.05) is 6.61 Å². The molecule has 0 heterocycles. The minimum absolute atomic E-state index is 0.0760. The molecule has 0 radical (unpaired) electrons. The number of carbonyl (C=O) groups excluding carboxylic acids is 1. The van der Waals surface area contributed by atoms with Gasteiger partial charge in [0.2, 0.25) is 15.9 Å². The van der Waals surface area contributed by atoms with Crippen LogP contribution in [0, 0.1) is 0 Å². The first kappa shape index (κ1) is 17.1. The second kappa shape index (κ2) is 6.85. The monoisotopic (exact) mass is 346 g/mol. The molecule has 1 unspecified atom stereocenters. The number of hydrogen-bond acceptors (Lipinski definition) is 4. The number of halogens is 1. The van der Waals surface area contributed by atoms with Crippen LogP contribution in [0.1, 0.15) is 26.7 Å². The Morgan fingerprint density at radius 1 is 1.45 bits per heavy atom. The number of hydrogen-bond donors (Lipinski definition) is 2. The first-order valence-electron chi connectivity index (χ1n) is 7.08. The minimum Gasteiger partial charge on any atom is -0.492 e. The smallest absolute Gasteiger partial charge is 0.245 e. The Balaban J connectivity index is 2.18.